The largest absolute Gasteiger partial charge is 0.385 e. The monoisotopic (exact) mass is 312 g/mol. The summed E-state index contributed by atoms with van der Waals surface area (Å²) in [6, 6.07) is 16.4. The van der Waals surface area contributed by atoms with Gasteiger partial charge in [0.05, 0.1) is 0 Å². The van der Waals surface area contributed by atoms with Gasteiger partial charge in [-0.3, -0.25) is 10.2 Å². The summed E-state index contributed by atoms with van der Waals surface area (Å²) < 4.78 is 0. The average Bonchev–Trinajstić information content (AvgIpc) is 2.56. The molecule has 0 atom stereocenters. The highest BCUT2D eigenvalue weighted by Gasteiger charge is 2.04. The van der Waals surface area contributed by atoms with Crippen molar-refractivity contribution >= 4 is 23.3 Å². The Kier molecular flexibility index (Phi) is 5.99. The van der Waals surface area contributed by atoms with E-state index in [2.05, 4.69) is 21.5 Å². The van der Waals surface area contributed by atoms with Crippen molar-refractivity contribution in [3.8, 4) is 0 Å². The summed E-state index contributed by atoms with van der Waals surface area (Å²) >= 11 is 0. The van der Waals surface area contributed by atoms with Crippen LogP contribution in [0.2, 0.25) is 0 Å². The molecule has 2 aromatic rings. The van der Waals surface area contributed by atoms with E-state index in [0.29, 0.717) is 12.2 Å². The van der Waals surface area contributed by atoms with Gasteiger partial charge in [0.1, 0.15) is 0 Å². The highest BCUT2D eigenvalue weighted by molar-refractivity contribution is 5.90. The Labute approximate surface area is 135 Å². The molecular weight excluding hydrogens is 292 g/mol. The Hall–Kier alpha value is -3.02. The number of para-hydroxylation sites is 1. The van der Waals surface area contributed by atoms with Crippen LogP contribution in [0.15, 0.2) is 54.6 Å². The first-order chi connectivity index (χ1) is 11.1. The van der Waals surface area contributed by atoms with Crippen molar-refractivity contribution in [2.75, 3.05) is 17.2 Å². The number of hydrogen-bond donors (Lipinski definition) is 4. The first kappa shape index (κ1) is 16.4. The molecule has 3 amide bonds. The fourth-order valence-corrected chi connectivity index (χ4v) is 1.86. The van der Waals surface area contributed by atoms with E-state index in [9.17, 15) is 9.59 Å². The molecule has 0 saturated carbocycles. The number of hydrogen-bond acceptors (Lipinski definition) is 3. The van der Waals surface area contributed by atoms with Gasteiger partial charge in [-0.1, -0.05) is 35.9 Å². The summed E-state index contributed by atoms with van der Waals surface area (Å²) in [4.78, 5) is 23.2. The predicted molar refractivity (Wildman–Crippen MR) is 91.0 cm³/mol. The molecule has 6 nitrogen and oxygen atoms in total. The maximum Gasteiger partial charge on any atom is 0.337 e. The van der Waals surface area contributed by atoms with Gasteiger partial charge in [0, 0.05) is 24.3 Å². The van der Waals surface area contributed by atoms with Crippen LogP contribution < -0.4 is 21.5 Å². The zero-order valence-electron chi connectivity index (χ0n) is 12.9. The first-order valence-electron chi connectivity index (χ1n) is 7.35. The molecule has 120 valence electrons. The topological polar surface area (TPSA) is 82.3 Å². The Morgan fingerprint density at radius 2 is 1.57 bits per heavy atom. The normalized spacial score (nSPS) is 9.78. The molecule has 23 heavy (non-hydrogen) atoms. The smallest absolute Gasteiger partial charge is 0.337 e. The Bertz CT molecular complexity index is 641. The van der Waals surface area contributed by atoms with E-state index >= 15 is 0 Å². The second-order valence-corrected chi connectivity index (χ2v) is 5.04. The van der Waals surface area contributed by atoms with E-state index < -0.39 is 6.03 Å². The summed E-state index contributed by atoms with van der Waals surface area (Å²) in [7, 11) is 0. The van der Waals surface area contributed by atoms with Crippen LogP contribution in [0.3, 0.4) is 0 Å². The summed E-state index contributed by atoms with van der Waals surface area (Å²) in [5, 5.41) is 5.75. The lowest BCUT2D eigenvalue weighted by molar-refractivity contribution is -0.121. The van der Waals surface area contributed by atoms with E-state index in [0.717, 1.165) is 5.69 Å². The van der Waals surface area contributed by atoms with E-state index in [-0.39, 0.29) is 12.3 Å². The average molecular weight is 312 g/mol. The van der Waals surface area contributed by atoms with Gasteiger partial charge in [0.25, 0.3) is 0 Å². The van der Waals surface area contributed by atoms with Gasteiger partial charge < -0.3 is 10.6 Å². The standard InChI is InChI=1S/C17H20N4O2/c1-13-7-9-14(10-8-13)18-12-11-16(22)20-21-17(23)19-15-5-3-2-4-6-15/h2-10,18H,11-12H2,1H3,(H,20,22)(H2,19,21,23). The van der Waals surface area contributed by atoms with Crippen LogP contribution in [0.1, 0.15) is 12.0 Å². The van der Waals surface area contributed by atoms with Gasteiger partial charge in [-0.2, -0.15) is 0 Å². The number of urea groups is 1. The molecule has 0 spiro atoms. The summed E-state index contributed by atoms with van der Waals surface area (Å²) in [5.41, 5.74) is 7.46. The molecule has 0 fully saturated rings. The molecule has 0 aliphatic rings. The van der Waals surface area contributed by atoms with Crippen LogP contribution in [0.5, 0.6) is 0 Å². The Balaban J connectivity index is 1.63. The van der Waals surface area contributed by atoms with Gasteiger partial charge in [0.2, 0.25) is 5.91 Å². The van der Waals surface area contributed by atoms with Gasteiger partial charge in [0.15, 0.2) is 0 Å². The highest BCUT2D eigenvalue weighted by Crippen LogP contribution is 2.08. The van der Waals surface area contributed by atoms with Crippen LogP contribution in [-0.4, -0.2) is 18.5 Å². The predicted octanol–water partition coefficient (Wildman–Crippen LogP) is 2.65. The molecule has 0 aliphatic heterocycles. The number of anilines is 2. The molecule has 0 radical (unpaired) electrons. The molecule has 4 N–H and O–H groups in total. The molecule has 0 aromatic heterocycles. The number of aryl methyl sites for hydroxylation is 1. The van der Waals surface area contributed by atoms with Gasteiger partial charge >= 0.3 is 6.03 Å². The Morgan fingerprint density at radius 1 is 0.870 bits per heavy atom. The number of benzene rings is 2. The maximum atomic E-state index is 11.7. The van der Waals surface area contributed by atoms with E-state index in [1.807, 2.05) is 49.4 Å². The number of amides is 3. The van der Waals surface area contributed by atoms with Crippen LogP contribution >= 0.6 is 0 Å². The van der Waals surface area contributed by atoms with Crippen molar-refractivity contribution in [1.82, 2.24) is 10.9 Å². The van der Waals surface area contributed by atoms with Crippen LogP contribution in [-0.2, 0) is 4.79 Å². The SMILES string of the molecule is Cc1ccc(NCCC(=O)NNC(=O)Nc2ccccc2)cc1. The van der Waals surface area contributed by atoms with Crippen molar-refractivity contribution in [3.05, 3.63) is 60.2 Å². The van der Waals surface area contributed by atoms with E-state index in [1.54, 1.807) is 12.1 Å². The Morgan fingerprint density at radius 3 is 2.26 bits per heavy atom. The third kappa shape index (κ3) is 6.09. The van der Waals surface area contributed by atoms with Crippen LogP contribution in [0.4, 0.5) is 16.2 Å². The van der Waals surface area contributed by atoms with Crippen LogP contribution in [0, 0.1) is 6.92 Å². The summed E-state index contributed by atoms with van der Waals surface area (Å²) in [6.45, 7) is 2.50. The number of carbonyl (C=O) groups excluding carboxylic acids is 2. The molecule has 2 aromatic carbocycles. The number of carbonyl (C=O) groups is 2. The second kappa shape index (κ2) is 8.43. The molecular formula is C17H20N4O2. The summed E-state index contributed by atoms with van der Waals surface area (Å²) in [5.74, 6) is -0.271. The van der Waals surface area contributed by atoms with Crippen molar-refractivity contribution in [1.29, 1.82) is 0 Å². The van der Waals surface area contributed by atoms with E-state index in [4.69, 9.17) is 0 Å². The lowest BCUT2D eigenvalue weighted by Gasteiger charge is -2.10. The lowest BCUT2D eigenvalue weighted by atomic mass is 10.2. The van der Waals surface area contributed by atoms with Gasteiger partial charge in [-0.05, 0) is 31.2 Å². The van der Waals surface area contributed by atoms with E-state index in [1.165, 1.54) is 5.56 Å². The maximum absolute atomic E-state index is 11.7. The van der Waals surface area contributed by atoms with Crippen molar-refractivity contribution in [2.45, 2.75) is 13.3 Å². The van der Waals surface area contributed by atoms with Gasteiger partial charge in [-0.25, -0.2) is 10.2 Å². The number of nitrogens with one attached hydrogen (secondary N) is 4. The fourth-order valence-electron chi connectivity index (χ4n) is 1.86. The molecule has 6 heteroatoms. The molecule has 0 unspecified atom stereocenters. The molecule has 0 aliphatic carbocycles. The molecule has 0 saturated heterocycles. The van der Waals surface area contributed by atoms with Crippen LogP contribution in [0.25, 0.3) is 0 Å². The van der Waals surface area contributed by atoms with Crippen molar-refractivity contribution in [3.63, 3.8) is 0 Å². The van der Waals surface area contributed by atoms with Crippen molar-refractivity contribution in [2.24, 2.45) is 0 Å². The van der Waals surface area contributed by atoms with Gasteiger partial charge in [-0.15, -0.1) is 0 Å². The minimum atomic E-state index is -0.490. The molecule has 0 heterocycles. The zero-order valence-corrected chi connectivity index (χ0v) is 12.9. The third-order valence-corrected chi connectivity index (χ3v) is 3.08. The second-order valence-electron chi connectivity index (χ2n) is 5.04. The highest BCUT2D eigenvalue weighted by atomic mass is 16.2. The molecule has 0 bridgehead atoms. The number of rotatable bonds is 5. The fraction of sp³-hybridized carbons (Fsp3) is 0.176. The minimum Gasteiger partial charge on any atom is -0.385 e. The first-order valence-corrected chi connectivity index (χ1v) is 7.35. The lowest BCUT2D eigenvalue weighted by Crippen LogP contribution is -2.44. The zero-order chi connectivity index (χ0) is 16.5. The molecule has 2 rings (SSSR count). The van der Waals surface area contributed by atoms with Crippen molar-refractivity contribution < 1.29 is 9.59 Å². The third-order valence-electron chi connectivity index (χ3n) is 3.08. The number of hydrazine groups is 1. The quantitative estimate of drug-likeness (QED) is 0.641. The minimum absolute atomic E-state index is 0.249. The summed E-state index contributed by atoms with van der Waals surface area (Å²) in [6.07, 6.45) is 0.249.